The normalized spacial score (nSPS) is 37.0. The molecular formula is C24H31NO3. The molecule has 4 heteroatoms. The molecular weight excluding hydrogens is 350 g/mol. The number of aromatic hydroxyl groups is 1. The summed E-state index contributed by atoms with van der Waals surface area (Å²) in [4.78, 5) is 11.9. The standard InChI is InChI=1S/C24H31NO3/c1-14-7-10-24(28)19-12-17-5-6-18(22(25)27)21(26)20(17)23(24,13-14)9-8-16(19)11-15-3-2-4-15/h5-6,15-16,19,26,28H,1-4,7-13H2,(H2,25,27)/t16?,19-,23?,24+/m0/s1. The number of hydrogen-bond acceptors (Lipinski definition) is 3. The number of rotatable bonds is 3. The third kappa shape index (κ3) is 2.30. The van der Waals surface area contributed by atoms with Crippen molar-refractivity contribution in [3.05, 3.63) is 41.0 Å². The van der Waals surface area contributed by atoms with E-state index in [1.807, 2.05) is 6.07 Å². The number of phenols is 1. The van der Waals surface area contributed by atoms with Crippen LogP contribution in [0.2, 0.25) is 0 Å². The van der Waals surface area contributed by atoms with Gasteiger partial charge in [-0.05, 0) is 74.3 Å². The summed E-state index contributed by atoms with van der Waals surface area (Å²) in [5.74, 6) is 0.971. The molecule has 1 aromatic rings. The van der Waals surface area contributed by atoms with Gasteiger partial charge in [-0.15, -0.1) is 0 Å². The molecule has 3 fully saturated rings. The van der Waals surface area contributed by atoms with Crippen LogP contribution in [0.5, 0.6) is 5.75 Å². The van der Waals surface area contributed by atoms with Crippen LogP contribution in [0.4, 0.5) is 0 Å². The average molecular weight is 382 g/mol. The Morgan fingerprint density at radius 1 is 1.25 bits per heavy atom. The first-order chi connectivity index (χ1) is 13.4. The molecule has 4 N–H and O–H groups in total. The van der Waals surface area contributed by atoms with Crippen LogP contribution >= 0.6 is 0 Å². The molecule has 0 heterocycles. The molecule has 0 spiro atoms. The zero-order chi connectivity index (χ0) is 19.7. The smallest absolute Gasteiger partial charge is 0.252 e. The van der Waals surface area contributed by atoms with Gasteiger partial charge in [0.2, 0.25) is 0 Å². The van der Waals surface area contributed by atoms with E-state index in [1.165, 1.54) is 25.7 Å². The Balaban J connectivity index is 1.66. The number of carbonyl (C=O) groups excluding carboxylic acids is 1. The Morgan fingerprint density at radius 2 is 2.04 bits per heavy atom. The highest BCUT2D eigenvalue weighted by molar-refractivity contribution is 5.96. The highest BCUT2D eigenvalue weighted by Crippen LogP contribution is 2.65. The Labute approximate surface area is 166 Å². The van der Waals surface area contributed by atoms with Crippen molar-refractivity contribution in [2.75, 3.05) is 0 Å². The number of nitrogens with two attached hydrogens (primary N) is 1. The van der Waals surface area contributed by atoms with Crippen molar-refractivity contribution in [1.29, 1.82) is 0 Å². The molecule has 0 aromatic heterocycles. The molecule has 28 heavy (non-hydrogen) atoms. The Kier molecular flexibility index (Phi) is 3.97. The van der Waals surface area contributed by atoms with E-state index >= 15 is 0 Å². The van der Waals surface area contributed by atoms with Gasteiger partial charge in [0.1, 0.15) is 5.75 Å². The first kappa shape index (κ1) is 18.2. The van der Waals surface area contributed by atoms with Gasteiger partial charge < -0.3 is 15.9 Å². The van der Waals surface area contributed by atoms with E-state index in [-0.39, 0.29) is 17.2 Å². The van der Waals surface area contributed by atoms with Gasteiger partial charge in [0.05, 0.1) is 11.2 Å². The number of fused-ring (bicyclic) bond motifs is 1. The molecule has 1 amide bonds. The first-order valence-electron chi connectivity index (χ1n) is 10.9. The Bertz CT molecular complexity index is 858. The molecule has 4 aliphatic carbocycles. The van der Waals surface area contributed by atoms with Gasteiger partial charge in [-0.1, -0.05) is 37.5 Å². The number of benzene rings is 1. The third-order valence-electron chi connectivity index (χ3n) is 8.67. The van der Waals surface area contributed by atoms with E-state index in [1.54, 1.807) is 6.07 Å². The lowest BCUT2D eigenvalue weighted by molar-refractivity contribution is -0.161. The fraction of sp³-hybridized carbons (Fsp3) is 0.625. The summed E-state index contributed by atoms with van der Waals surface area (Å²) in [5, 5.41) is 23.3. The SMILES string of the molecule is C=C1CC[C@@]2(O)[C@H]3Cc4ccc(C(N)=O)c(O)c4C2(CCC3CC2CCC2)C1. The summed E-state index contributed by atoms with van der Waals surface area (Å²) in [5.41, 5.74) is 7.33. The van der Waals surface area contributed by atoms with Crippen LogP contribution < -0.4 is 5.73 Å². The third-order valence-corrected chi connectivity index (χ3v) is 8.67. The van der Waals surface area contributed by atoms with Gasteiger partial charge in [0, 0.05) is 11.0 Å². The number of hydrogen-bond donors (Lipinski definition) is 3. The quantitative estimate of drug-likeness (QED) is 0.693. The maximum atomic E-state index is 12.2. The summed E-state index contributed by atoms with van der Waals surface area (Å²) in [6.45, 7) is 4.24. The lowest BCUT2D eigenvalue weighted by Crippen LogP contribution is -2.66. The maximum Gasteiger partial charge on any atom is 0.252 e. The van der Waals surface area contributed by atoms with E-state index in [0.29, 0.717) is 18.8 Å². The van der Waals surface area contributed by atoms with E-state index in [4.69, 9.17) is 5.73 Å². The van der Waals surface area contributed by atoms with Crippen molar-refractivity contribution >= 4 is 5.91 Å². The van der Waals surface area contributed by atoms with Gasteiger partial charge in [0.25, 0.3) is 5.91 Å². The van der Waals surface area contributed by atoms with Crippen LogP contribution in [0.3, 0.4) is 0 Å². The first-order valence-corrected chi connectivity index (χ1v) is 10.9. The second kappa shape index (κ2) is 6.09. The number of primary amides is 1. The van der Waals surface area contributed by atoms with Crippen molar-refractivity contribution in [2.24, 2.45) is 23.5 Å². The van der Waals surface area contributed by atoms with E-state index in [9.17, 15) is 15.0 Å². The van der Waals surface area contributed by atoms with Gasteiger partial charge in [-0.3, -0.25) is 4.79 Å². The van der Waals surface area contributed by atoms with Crippen LogP contribution in [-0.4, -0.2) is 21.7 Å². The minimum Gasteiger partial charge on any atom is -0.507 e. The number of amides is 1. The van der Waals surface area contributed by atoms with Gasteiger partial charge in [-0.2, -0.15) is 0 Å². The minimum atomic E-state index is -0.832. The zero-order valence-electron chi connectivity index (χ0n) is 16.5. The van der Waals surface area contributed by atoms with Crippen LogP contribution in [0.25, 0.3) is 0 Å². The van der Waals surface area contributed by atoms with Crippen molar-refractivity contribution in [3.63, 3.8) is 0 Å². The van der Waals surface area contributed by atoms with Crippen molar-refractivity contribution in [2.45, 2.75) is 75.2 Å². The molecule has 1 aromatic carbocycles. The number of aliphatic hydroxyl groups is 1. The summed E-state index contributed by atoms with van der Waals surface area (Å²) >= 11 is 0. The molecule has 2 unspecified atom stereocenters. The zero-order valence-corrected chi connectivity index (χ0v) is 16.5. The van der Waals surface area contributed by atoms with Crippen LogP contribution in [0.15, 0.2) is 24.3 Å². The van der Waals surface area contributed by atoms with E-state index < -0.39 is 16.9 Å². The molecule has 4 atom stereocenters. The highest BCUT2D eigenvalue weighted by Gasteiger charge is 2.64. The fourth-order valence-electron chi connectivity index (χ4n) is 7.12. The van der Waals surface area contributed by atoms with Gasteiger partial charge >= 0.3 is 0 Å². The fourth-order valence-corrected chi connectivity index (χ4v) is 7.12. The number of allylic oxidation sites excluding steroid dienone is 1. The van der Waals surface area contributed by atoms with Crippen LogP contribution in [0, 0.1) is 17.8 Å². The predicted octanol–water partition coefficient (Wildman–Crippen LogP) is 3.97. The van der Waals surface area contributed by atoms with Gasteiger partial charge in [-0.25, -0.2) is 0 Å². The van der Waals surface area contributed by atoms with Crippen molar-refractivity contribution in [3.8, 4) is 5.75 Å². The second-order valence-electron chi connectivity index (χ2n) is 9.94. The predicted molar refractivity (Wildman–Crippen MR) is 108 cm³/mol. The molecule has 4 nitrogen and oxygen atoms in total. The lowest BCUT2D eigenvalue weighted by atomic mass is 9.43. The van der Waals surface area contributed by atoms with Crippen molar-refractivity contribution in [1.82, 2.24) is 0 Å². The summed E-state index contributed by atoms with van der Waals surface area (Å²) in [6.07, 6.45) is 10.2. The molecule has 0 saturated heterocycles. The van der Waals surface area contributed by atoms with Crippen LogP contribution in [0.1, 0.15) is 79.3 Å². The molecule has 150 valence electrons. The largest absolute Gasteiger partial charge is 0.507 e. The van der Waals surface area contributed by atoms with E-state index in [0.717, 1.165) is 48.3 Å². The number of carbonyl (C=O) groups is 1. The van der Waals surface area contributed by atoms with Gasteiger partial charge in [0.15, 0.2) is 0 Å². The molecule has 3 saturated carbocycles. The monoisotopic (exact) mass is 381 g/mol. The molecule has 2 bridgehead atoms. The van der Waals surface area contributed by atoms with Crippen LogP contribution in [-0.2, 0) is 11.8 Å². The molecule has 0 radical (unpaired) electrons. The summed E-state index contributed by atoms with van der Waals surface area (Å²) < 4.78 is 0. The molecule has 5 rings (SSSR count). The maximum absolute atomic E-state index is 12.2. The Morgan fingerprint density at radius 3 is 2.71 bits per heavy atom. The summed E-state index contributed by atoms with van der Waals surface area (Å²) in [6, 6.07) is 3.62. The highest BCUT2D eigenvalue weighted by atomic mass is 16.3. The topological polar surface area (TPSA) is 83.5 Å². The average Bonchev–Trinajstić information content (AvgIpc) is 2.59. The minimum absolute atomic E-state index is 0.00554. The van der Waals surface area contributed by atoms with Crippen molar-refractivity contribution < 1.29 is 15.0 Å². The molecule has 4 aliphatic rings. The van der Waals surface area contributed by atoms with E-state index in [2.05, 4.69) is 6.58 Å². The second-order valence-corrected chi connectivity index (χ2v) is 9.94. The Hall–Kier alpha value is -1.81. The summed E-state index contributed by atoms with van der Waals surface area (Å²) in [7, 11) is 0. The lowest BCUT2D eigenvalue weighted by Gasteiger charge is -2.63. The molecule has 0 aliphatic heterocycles.